The molecule has 0 aliphatic carbocycles. The van der Waals surface area contributed by atoms with Gasteiger partial charge >= 0.3 is 0 Å². The van der Waals surface area contributed by atoms with Crippen LogP contribution in [0.4, 0.5) is 8.78 Å². The highest BCUT2D eigenvalue weighted by Crippen LogP contribution is 2.18. The van der Waals surface area contributed by atoms with Crippen molar-refractivity contribution in [2.75, 3.05) is 0 Å². The lowest BCUT2D eigenvalue weighted by atomic mass is 10.2. The van der Waals surface area contributed by atoms with Gasteiger partial charge in [0.1, 0.15) is 0 Å². The van der Waals surface area contributed by atoms with Crippen LogP contribution in [0.25, 0.3) is 10.9 Å². The van der Waals surface area contributed by atoms with Gasteiger partial charge in [-0.15, -0.1) is 0 Å². The molecule has 0 unspecified atom stereocenters. The third-order valence-electron chi connectivity index (χ3n) is 2.35. The van der Waals surface area contributed by atoms with Crippen LogP contribution in [0.2, 0.25) is 0 Å². The fourth-order valence-electron chi connectivity index (χ4n) is 1.66. The molecule has 2 rings (SSSR count). The van der Waals surface area contributed by atoms with Crippen LogP contribution in [-0.2, 0) is 13.2 Å². The smallest absolute Gasteiger partial charge is 0.256 e. The maximum absolute atomic E-state index is 12.2. The van der Waals surface area contributed by atoms with E-state index < -0.39 is 6.43 Å². The monoisotopic (exact) mass is 211 g/mol. The summed E-state index contributed by atoms with van der Waals surface area (Å²) in [5.74, 6) is 0. The normalized spacial score (nSPS) is 11.5. The zero-order valence-corrected chi connectivity index (χ0v) is 8.03. The van der Waals surface area contributed by atoms with Crippen molar-refractivity contribution in [2.45, 2.75) is 19.6 Å². The quantitative estimate of drug-likeness (QED) is 0.828. The number of aromatic nitrogens is 1. The average molecular weight is 211 g/mol. The van der Waals surface area contributed by atoms with E-state index in [2.05, 4.69) is 0 Å². The summed E-state index contributed by atoms with van der Waals surface area (Å²) < 4.78 is 25.9. The van der Waals surface area contributed by atoms with E-state index in [1.54, 1.807) is 30.5 Å². The van der Waals surface area contributed by atoms with Crippen LogP contribution in [-0.4, -0.2) is 16.1 Å². The molecule has 0 saturated heterocycles. The minimum absolute atomic E-state index is 0.0318. The zero-order valence-electron chi connectivity index (χ0n) is 8.03. The lowest BCUT2D eigenvalue weighted by molar-refractivity contribution is 0.128. The minimum atomic E-state index is -2.35. The maximum atomic E-state index is 12.2. The largest absolute Gasteiger partial charge is 0.392 e. The van der Waals surface area contributed by atoms with Gasteiger partial charge in [0.25, 0.3) is 6.43 Å². The second-order valence-electron chi connectivity index (χ2n) is 3.41. The molecule has 0 radical (unpaired) electrons. The first-order valence-electron chi connectivity index (χ1n) is 4.67. The Hall–Kier alpha value is -1.42. The van der Waals surface area contributed by atoms with Crippen molar-refractivity contribution in [3.8, 4) is 0 Å². The summed E-state index contributed by atoms with van der Waals surface area (Å²) in [4.78, 5) is 0. The van der Waals surface area contributed by atoms with Crippen molar-refractivity contribution in [3.63, 3.8) is 0 Å². The van der Waals surface area contributed by atoms with Crippen molar-refractivity contribution in [3.05, 3.63) is 36.0 Å². The van der Waals surface area contributed by atoms with Gasteiger partial charge in [-0.1, -0.05) is 6.07 Å². The summed E-state index contributed by atoms with van der Waals surface area (Å²) in [5.41, 5.74) is 1.56. The van der Waals surface area contributed by atoms with E-state index in [1.807, 2.05) is 0 Å². The fraction of sp³-hybridized carbons (Fsp3) is 0.273. The summed E-state index contributed by atoms with van der Waals surface area (Å²) in [5, 5.41) is 9.80. The lowest BCUT2D eigenvalue weighted by Crippen LogP contribution is -2.04. The second-order valence-corrected chi connectivity index (χ2v) is 3.41. The fourth-order valence-corrected chi connectivity index (χ4v) is 1.66. The van der Waals surface area contributed by atoms with E-state index in [1.165, 1.54) is 4.57 Å². The first-order valence-corrected chi connectivity index (χ1v) is 4.67. The first kappa shape index (κ1) is 10.1. The second kappa shape index (κ2) is 3.98. The van der Waals surface area contributed by atoms with Crippen LogP contribution >= 0.6 is 0 Å². The molecule has 0 aliphatic rings. The SMILES string of the molecule is OCc1ccc2c(ccn2CC(F)F)c1. The average Bonchev–Trinajstić information content (AvgIpc) is 2.60. The molecule has 0 saturated carbocycles. The first-order chi connectivity index (χ1) is 7.20. The number of benzene rings is 1. The number of nitrogens with zero attached hydrogens (tertiary/aromatic N) is 1. The topological polar surface area (TPSA) is 25.2 Å². The molecule has 1 heterocycles. The van der Waals surface area contributed by atoms with Crippen molar-refractivity contribution in [1.29, 1.82) is 0 Å². The molecule has 1 aromatic heterocycles. The molecule has 0 bridgehead atoms. The summed E-state index contributed by atoms with van der Waals surface area (Å²) in [7, 11) is 0. The number of halogens is 2. The van der Waals surface area contributed by atoms with Gasteiger partial charge in [-0.2, -0.15) is 0 Å². The van der Waals surface area contributed by atoms with Gasteiger partial charge in [-0.25, -0.2) is 8.78 Å². The van der Waals surface area contributed by atoms with Crippen LogP contribution in [0.5, 0.6) is 0 Å². The Morgan fingerprint density at radius 1 is 1.27 bits per heavy atom. The molecular weight excluding hydrogens is 200 g/mol. The molecule has 0 atom stereocenters. The summed E-state index contributed by atoms with van der Waals surface area (Å²) >= 11 is 0. The molecule has 4 heteroatoms. The van der Waals surface area contributed by atoms with Crippen molar-refractivity contribution < 1.29 is 13.9 Å². The predicted octanol–water partition coefficient (Wildman–Crippen LogP) is 2.40. The van der Waals surface area contributed by atoms with Gasteiger partial charge in [0.15, 0.2) is 0 Å². The molecule has 0 amide bonds. The van der Waals surface area contributed by atoms with Gasteiger partial charge < -0.3 is 9.67 Å². The Morgan fingerprint density at radius 3 is 2.73 bits per heavy atom. The number of hydrogen-bond acceptors (Lipinski definition) is 1. The highest BCUT2D eigenvalue weighted by atomic mass is 19.3. The molecule has 0 fully saturated rings. The Kier molecular flexibility index (Phi) is 2.68. The molecular formula is C11H11F2NO. The van der Waals surface area contributed by atoms with Crippen LogP contribution < -0.4 is 0 Å². The van der Waals surface area contributed by atoms with Gasteiger partial charge in [-0.3, -0.25) is 0 Å². The third-order valence-corrected chi connectivity index (χ3v) is 2.35. The summed E-state index contributed by atoms with van der Waals surface area (Å²) in [6.07, 6.45) is -0.712. The number of rotatable bonds is 3. The molecule has 1 N–H and O–H groups in total. The third kappa shape index (κ3) is 1.99. The summed E-state index contributed by atoms with van der Waals surface area (Å²) in [6.45, 7) is -0.321. The van der Waals surface area contributed by atoms with E-state index in [9.17, 15) is 8.78 Å². The lowest BCUT2D eigenvalue weighted by Gasteiger charge is -2.04. The highest BCUT2D eigenvalue weighted by molar-refractivity contribution is 5.80. The van der Waals surface area contributed by atoms with Crippen molar-refractivity contribution in [1.82, 2.24) is 4.57 Å². The molecule has 15 heavy (non-hydrogen) atoms. The van der Waals surface area contributed by atoms with Gasteiger partial charge in [0.05, 0.1) is 13.2 Å². The number of alkyl halides is 2. The molecule has 2 nitrogen and oxygen atoms in total. The maximum Gasteiger partial charge on any atom is 0.256 e. The minimum Gasteiger partial charge on any atom is -0.392 e. The van der Waals surface area contributed by atoms with E-state index in [-0.39, 0.29) is 13.2 Å². The van der Waals surface area contributed by atoms with Crippen molar-refractivity contribution in [2.24, 2.45) is 0 Å². The van der Waals surface area contributed by atoms with Crippen LogP contribution in [0, 0.1) is 0 Å². The van der Waals surface area contributed by atoms with Crippen molar-refractivity contribution >= 4 is 10.9 Å². The molecule has 0 spiro atoms. The predicted molar refractivity (Wildman–Crippen MR) is 53.9 cm³/mol. The van der Waals surface area contributed by atoms with E-state index in [0.717, 1.165) is 16.5 Å². The Balaban J connectivity index is 2.43. The molecule has 1 aromatic carbocycles. The molecule has 0 aliphatic heterocycles. The number of aliphatic hydroxyl groups excluding tert-OH is 1. The number of fused-ring (bicyclic) bond motifs is 1. The Bertz CT molecular complexity index is 465. The van der Waals surface area contributed by atoms with E-state index >= 15 is 0 Å². The van der Waals surface area contributed by atoms with Gasteiger partial charge in [-0.05, 0) is 29.1 Å². The van der Waals surface area contributed by atoms with Gasteiger partial charge in [0.2, 0.25) is 0 Å². The Morgan fingerprint density at radius 2 is 2.07 bits per heavy atom. The zero-order chi connectivity index (χ0) is 10.8. The number of aliphatic hydroxyl groups is 1. The van der Waals surface area contributed by atoms with E-state index in [0.29, 0.717) is 0 Å². The summed E-state index contributed by atoms with van der Waals surface area (Å²) in [6, 6.07) is 7.07. The molecule has 80 valence electrons. The molecule has 2 aromatic rings. The van der Waals surface area contributed by atoms with Crippen LogP contribution in [0.15, 0.2) is 30.5 Å². The highest BCUT2D eigenvalue weighted by Gasteiger charge is 2.07. The standard InChI is InChI=1S/C11H11F2NO/c12-11(13)6-14-4-3-9-5-8(7-15)1-2-10(9)14/h1-5,11,15H,6-7H2. The van der Waals surface area contributed by atoms with Crippen LogP contribution in [0.3, 0.4) is 0 Å². The number of hydrogen-bond donors (Lipinski definition) is 1. The Labute approximate surface area is 85.8 Å². The van der Waals surface area contributed by atoms with Gasteiger partial charge in [0, 0.05) is 11.7 Å². The van der Waals surface area contributed by atoms with Crippen LogP contribution in [0.1, 0.15) is 5.56 Å². The van der Waals surface area contributed by atoms with E-state index in [4.69, 9.17) is 5.11 Å².